The normalized spacial score (nSPS) is 10.5. The van der Waals surface area contributed by atoms with Gasteiger partial charge in [-0.25, -0.2) is 4.98 Å². The van der Waals surface area contributed by atoms with Crippen molar-refractivity contribution in [3.05, 3.63) is 42.0 Å². The molecule has 0 atom stereocenters. The van der Waals surface area contributed by atoms with Crippen molar-refractivity contribution in [2.45, 2.75) is 19.4 Å². The van der Waals surface area contributed by atoms with Gasteiger partial charge in [0.2, 0.25) is 0 Å². The van der Waals surface area contributed by atoms with Crippen LogP contribution in [0.2, 0.25) is 0 Å². The second kappa shape index (κ2) is 7.55. The summed E-state index contributed by atoms with van der Waals surface area (Å²) in [5.74, 6) is 2.76. The maximum absolute atomic E-state index is 5.35. The number of hydrogen-bond donors (Lipinski definition) is 2. The Hall–Kier alpha value is -2.01. The van der Waals surface area contributed by atoms with Crippen LogP contribution in [-0.4, -0.2) is 30.7 Å². The third-order valence-corrected chi connectivity index (χ3v) is 3.13. The van der Waals surface area contributed by atoms with Gasteiger partial charge in [0, 0.05) is 30.9 Å². The highest BCUT2D eigenvalue weighted by Crippen LogP contribution is 2.23. The van der Waals surface area contributed by atoms with Crippen LogP contribution in [0.4, 0.5) is 0 Å². The zero-order chi connectivity index (χ0) is 14.2. The van der Waals surface area contributed by atoms with Crippen molar-refractivity contribution in [2.24, 2.45) is 0 Å². The molecule has 1 heterocycles. The van der Waals surface area contributed by atoms with E-state index in [0.29, 0.717) is 0 Å². The van der Waals surface area contributed by atoms with Crippen LogP contribution in [0.25, 0.3) is 0 Å². The molecule has 2 rings (SSSR count). The Kier molecular flexibility index (Phi) is 5.43. The van der Waals surface area contributed by atoms with Crippen LogP contribution in [0.5, 0.6) is 11.5 Å². The standard InChI is InChI=1S/C15H21N3O2/c1-19-13-5-6-14(20-2)12(10-13)11-16-7-3-4-15-17-8-9-18-15/h5-6,8-10,16H,3-4,7,11H2,1-2H3,(H,17,18). The summed E-state index contributed by atoms with van der Waals surface area (Å²) in [6.45, 7) is 1.69. The first kappa shape index (κ1) is 14.4. The van der Waals surface area contributed by atoms with Crippen LogP contribution >= 0.6 is 0 Å². The SMILES string of the molecule is COc1ccc(OC)c(CNCCCc2ncc[nH]2)c1. The lowest BCUT2D eigenvalue weighted by Crippen LogP contribution is -2.16. The van der Waals surface area contributed by atoms with Crippen LogP contribution in [0.3, 0.4) is 0 Å². The number of aryl methyl sites for hydroxylation is 1. The lowest BCUT2D eigenvalue weighted by Gasteiger charge is -2.11. The van der Waals surface area contributed by atoms with E-state index in [9.17, 15) is 0 Å². The van der Waals surface area contributed by atoms with Crippen LogP contribution in [0.15, 0.2) is 30.6 Å². The Bertz CT molecular complexity index is 512. The molecule has 0 radical (unpaired) electrons. The molecule has 0 aliphatic heterocycles. The lowest BCUT2D eigenvalue weighted by atomic mass is 10.2. The van der Waals surface area contributed by atoms with Gasteiger partial charge in [-0.05, 0) is 31.2 Å². The Balaban J connectivity index is 1.78. The molecule has 1 aromatic carbocycles. The number of nitrogens with zero attached hydrogens (tertiary/aromatic N) is 1. The largest absolute Gasteiger partial charge is 0.497 e. The Morgan fingerprint density at radius 1 is 1.25 bits per heavy atom. The maximum atomic E-state index is 5.35. The van der Waals surface area contributed by atoms with Gasteiger partial charge in [0.1, 0.15) is 17.3 Å². The first-order valence-electron chi connectivity index (χ1n) is 6.73. The maximum Gasteiger partial charge on any atom is 0.123 e. The molecule has 5 nitrogen and oxygen atoms in total. The van der Waals surface area contributed by atoms with Gasteiger partial charge in [0.25, 0.3) is 0 Å². The summed E-state index contributed by atoms with van der Waals surface area (Å²) in [6.07, 6.45) is 5.63. The molecule has 0 aliphatic carbocycles. The fraction of sp³-hybridized carbons (Fsp3) is 0.400. The summed E-state index contributed by atoms with van der Waals surface area (Å²) in [5, 5.41) is 3.41. The van der Waals surface area contributed by atoms with Crippen molar-refractivity contribution in [3.63, 3.8) is 0 Å². The van der Waals surface area contributed by atoms with Crippen LogP contribution in [0, 0.1) is 0 Å². The molecular formula is C15H21N3O2. The highest BCUT2D eigenvalue weighted by Gasteiger charge is 2.04. The molecule has 20 heavy (non-hydrogen) atoms. The number of rotatable bonds is 8. The number of hydrogen-bond acceptors (Lipinski definition) is 4. The minimum atomic E-state index is 0.762. The molecule has 0 unspecified atom stereocenters. The zero-order valence-corrected chi connectivity index (χ0v) is 12.0. The van der Waals surface area contributed by atoms with E-state index in [1.807, 2.05) is 24.4 Å². The van der Waals surface area contributed by atoms with Crippen LogP contribution in [0.1, 0.15) is 17.8 Å². The molecular weight excluding hydrogens is 254 g/mol. The van der Waals surface area contributed by atoms with Crippen molar-refractivity contribution >= 4 is 0 Å². The van der Waals surface area contributed by atoms with Crippen molar-refractivity contribution < 1.29 is 9.47 Å². The summed E-state index contributed by atoms with van der Waals surface area (Å²) in [4.78, 5) is 7.31. The van der Waals surface area contributed by atoms with Gasteiger partial charge >= 0.3 is 0 Å². The number of aromatic nitrogens is 2. The number of benzene rings is 1. The third kappa shape index (κ3) is 3.99. The van der Waals surface area contributed by atoms with Crippen LogP contribution < -0.4 is 14.8 Å². The van der Waals surface area contributed by atoms with E-state index in [0.717, 1.165) is 48.8 Å². The molecule has 0 saturated heterocycles. The fourth-order valence-corrected chi connectivity index (χ4v) is 2.06. The minimum Gasteiger partial charge on any atom is -0.497 e. The molecule has 0 saturated carbocycles. The number of ether oxygens (including phenoxy) is 2. The van der Waals surface area contributed by atoms with Crippen molar-refractivity contribution in [1.29, 1.82) is 0 Å². The third-order valence-electron chi connectivity index (χ3n) is 3.13. The van der Waals surface area contributed by atoms with E-state index in [2.05, 4.69) is 15.3 Å². The van der Waals surface area contributed by atoms with Gasteiger partial charge in [-0.2, -0.15) is 0 Å². The minimum absolute atomic E-state index is 0.762. The van der Waals surface area contributed by atoms with Gasteiger partial charge in [-0.15, -0.1) is 0 Å². The van der Waals surface area contributed by atoms with Gasteiger partial charge in [-0.1, -0.05) is 0 Å². The number of nitrogens with one attached hydrogen (secondary N) is 2. The molecule has 1 aromatic heterocycles. The zero-order valence-electron chi connectivity index (χ0n) is 12.0. The quantitative estimate of drug-likeness (QED) is 0.725. The molecule has 2 N–H and O–H groups in total. The average Bonchev–Trinajstić information content (AvgIpc) is 3.00. The second-order valence-corrected chi connectivity index (χ2v) is 4.49. The molecule has 0 aliphatic rings. The molecule has 0 spiro atoms. The van der Waals surface area contributed by atoms with Crippen molar-refractivity contribution in [3.8, 4) is 11.5 Å². The van der Waals surface area contributed by atoms with E-state index in [-0.39, 0.29) is 0 Å². The van der Waals surface area contributed by atoms with Crippen LogP contribution in [-0.2, 0) is 13.0 Å². The van der Waals surface area contributed by atoms with Gasteiger partial charge in [0.15, 0.2) is 0 Å². The molecule has 0 amide bonds. The summed E-state index contributed by atoms with van der Waals surface area (Å²) in [5.41, 5.74) is 1.10. The van der Waals surface area contributed by atoms with E-state index in [1.165, 1.54) is 0 Å². The lowest BCUT2D eigenvalue weighted by molar-refractivity contribution is 0.397. The number of methoxy groups -OCH3 is 2. The second-order valence-electron chi connectivity index (χ2n) is 4.49. The smallest absolute Gasteiger partial charge is 0.123 e. The summed E-state index contributed by atoms with van der Waals surface area (Å²) >= 11 is 0. The van der Waals surface area contributed by atoms with Gasteiger partial charge < -0.3 is 19.8 Å². The highest BCUT2D eigenvalue weighted by atomic mass is 16.5. The fourth-order valence-electron chi connectivity index (χ4n) is 2.06. The molecule has 0 bridgehead atoms. The predicted molar refractivity (Wildman–Crippen MR) is 78.2 cm³/mol. The predicted octanol–water partition coefficient (Wildman–Crippen LogP) is 2.15. The molecule has 2 aromatic rings. The Morgan fingerprint density at radius 2 is 2.15 bits per heavy atom. The summed E-state index contributed by atoms with van der Waals surface area (Å²) in [6, 6.07) is 5.83. The highest BCUT2D eigenvalue weighted by molar-refractivity contribution is 5.40. The first-order valence-corrected chi connectivity index (χ1v) is 6.73. The van der Waals surface area contributed by atoms with E-state index in [4.69, 9.17) is 9.47 Å². The number of H-pyrrole nitrogens is 1. The van der Waals surface area contributed by atoms with E-state index >= 15 is 0 Å². The topological polar surface area (TPSA) is 59.2 Å². The van der Waals surface area contributed by atoms with E-state index in [1.54, 1.807) is 20.4 Å². The van der Waals surface area contributed by atoms with Crippen molar-refractivity contribution in [1.82, 2.24) is 15.3 Å². The first-order chi connectivity index (χ1) is 9.83. The van der Waals surface area contributed by atoms with Gasteiger partial charge in [-0.3, -0.25) is 0 Å². The van der Waals surface area contributed by atoms with Gasteiger partial charge in [0.05, 0.1) is 14.2 Å². The monoisotopic (exact) mass is 275 g/mol. The van der Waals surface area contributed by atoms with Crippen molar-refractivity contribution in [2.75, 3.05) is 20.8 Å². The summed E-state index contributed by atoms with van der Waals surface area (Å²) < 4.78 is 10.6. The average molecular weight is 275 g/mol. The number of aromatic amines is 1. The molecule has 108 valence electrons. The molecule has 5 heteroatoms. The number of imidazole rings is 1. The Labute approximate surface area is 119 Å². The molecule has 0 fully saturated rings. The van der Waals surface area contributed by atoms with E-state index < -0.39 is 0 Å². The Morgan fingerprint density at radius 3 is 2.85 bits per heavy atom. The summed E-state index contributed by atoms with van der Waals surface area (Å²) in [7, 11) is 3.35.